The Kier molecular flexibility index (Phi) is 3.21. The predicted octanol–water partition coefficient (Wildman–Crippen LogP) is -0.794. The average Bonchev–Trinajstić information content (AvgIpc) is 2.38. The minimum absolute atomic E-state index is 0.0435. The van der Waals surface area contributed by atoms with E-state index in [2.05, 4.69) is 20.2 Å². The summed E-state index contributed by atoms with van der Waals surface area (Å²) >= 11 is 0. The molecule has 0 saturated carbocycles. The Morgan fingerprint density at radius 1 is 1.17 bits per heavy atom. The first-order valence-corrected chi connectivity index (χ1v) is 6.33. The predicted molar refractivity (Wildman–Crippen MR) is 66.2 cm³/mol. The molecule has 6 nitrogen and oxygen atoms in total. The van der Waals surface area contributed by atoms with Crippen LogP contribution in [0.5, 0.6) is 0 Å². The lowest BCUT2D eigenvalue weighted by Crippen LogP contribution is -2.62. The summed E-state index contributed by atoms with van der Waals surface area (Å²) in [6.45, 7) is 5.69. The van der Waals surface area contributed by atoms with E-state index >= 15 is 0 Å². The topological polar surface area (TPSA) is 61.4 Å². The van der Waals surface area contributed by atoms with Crippen LogP contribution < -0.4 is 5.32 Å². The molecule has 3 heterocycles. The molecule has 0 radical (unpaired) electrons. The molecule has 0 unspecified atom stereocenters. The van der Waals surface area contributed by atoms with E-state index in [1.54, 1.807) is 12.4 Å². The van der Waals surface area contributed by atoms with Crippen molar-refractivity contribution in [2.75, 3.05) is 39.3 Å². The van der Waals surface area contributed by atoms with Gasteiger partial charge in [-0.05, 0) is 0 Å². The molecule has 1 aromatic rings. The van der Waals surface area contributed by atoms with Crippen LogP contribution in [0.2, 0.25) is 0 Å². The molecule has 0 aliphatic carbocycles. The zero-order chi connectivity index (χ0) is 12.4. The third-order valence-corrected chi connectivity index (χ3v) is 3.69. The zero-order valence-corrected chi connectivity index (χ0v) is 10.2. The average molecular weight is 247 g/mol. The van der Waals surface area contributed by atoms with Crippen molar-refractivity contribution >= 4 is 5.91 Å². The van der Waals surface area contributed by atoms with Gasteiger partial charge in [-0.2, -0.15) is 0 Å². The molecule has 2 saturated heterocycles. The molecular weight excluding hydrogens is 230 g/mol. The number of carbonyl (C=O) groups is 1. The molecule has 0 aromatic carbocycles. The van der Waals surface area contributed by atoms with E-state index in [0.717, 1.165) is 39.3 Å². The molecule has 1 amide bonds. The van der Waals surface area contributed by atoms with Crippen LogP contribution in [-0.4, -0.2) is 71.0 Å². The first-order chi connectivity index (χ1) is 8.84. The van der Waals surface area contributed by atoms with Crippen LogP contribution in [0.25, 0.3) is 0 Å². The third kappa shape index (κ3) is 2.21. The summed E-state index contributed by atoms with van der Waals surface area (Å²) in [6, 6.07) is 0.669. The van der Waals surface area contributed by atoms with Crippen LogP contribution in [0, 0.1) is 0 Å². The van der Waals surface area contributed by atoms with Crippen LogP contribution in [0.4, 0.5) is 0 Å². The van der Waals surface area contributed by atoms with Gasteiger partial charge in [0.25, 0.3) is 5.91 Å². The Labute approximate surface area is 106 Å². The normalized spacial score (nSPS) is 21.7. The molecule has 0 bridgehead atoms. The fraction of sp³-hybridized carbons (Fsp3) is 0.583. The Bertz CT molecular complexity index is 412. The van der Waals surface area contributed by atoms with Gasteiger partial charge in [0, 0.05) is 57.7 Å². The number of carbonyl (C=O) groups excluding carboxylic acids is 1. The van der Waals surface area contributed by atoms with Gasteiger partial charge >= 0.3 is 0 Å². The maximum Gasteiger partial charge on any atom is 0.257 e. The lowest BCUT2D eigenvalue weighted by atomic mass is 10.1. The maximum absolute atomic E-state index is 12.2. The lowest BCUT2D eigenvalue weighted by molar-refractivity contribution is 0.0501. The molecule has 1 N–H and O–H groups in total. The quantitative estimate of drug-likeness (QED) is 0.742. The van der Waals surface area contributed by atoms with E-state index in [4.69, 9.17) is 0 Å². The van der Waals surface area contributed by atoms with E-state index in [1.807, 2.05) is 4.90 Å². The standard InChI is InChI=1S/C12H17N5O/c18-12(10-5-14-9-15-6-10)17-3-1-16(2-4-17)11-7-13-8-11/h5-6,9,11,13H,1-4,7-8H2. The molecule has 2 aliphatic rings. The van der Waals surface area contributed by atoms with Gasteiger partial charge in [-0.15, -0.1) is 0 Å². The first kappa shape index (κ1) is 11.6. The van der Waals surface area contributed by atoms with E-state index in [-0.39, 0.29) is 5.91 Å². The third-order valence-electron chi connectivity index (χ3n) is 3.69. The van der Waals surface area contributed by atoms with E-state index in [0.29, 0.717) is 11.6 Å². The number of hydrogen-bond acceptors (Lipinski definition) is 5. The number of aromatic nitrogens is 2. The van der Waals surface area contributed by atoms with Crippen LogP contribution in [-0.2, 0) is 0 Å². The summed E-state index contributed by atoms with van der Waals surface area (Å²) < 4.78 is 0. The smallest absolute Gasteiger partial charge is 0.257 e. The maximum atomic E-state index is 12.2. The van der Waals surface area contributed by atoms with Crippen molar-refractivity contribution in [1.29, 1.82) is 0 Å². The molecule has 6 heteroatoms. The second-order valence-electron chi connectivity index (χ2n) is 4.77. The molecule has 0 atom stereocenters. The van der Waals surface area contributed by atoms with E-state index in [9.17, 15) is 4.79 Å². The lowest BCUT2D eigenvalue weighted by Gasteiger charge is -2.43. The van der Waals surface area contributed by atoms with Crippen LogP contribution in [0.3, 0.4) is 0 Å². The highest BCUT2D eigenvalue weighted by atomic mass is 16.2. The van der Waals surface area contributed by atoms with E-state index < -0.39 is 0 Å². The van der Waals surface area contributed by atoms with Gasteiger partial charge in [-0.25, -0.2) is 9.97 Å². The molecule has 2 fully saturated rings. The summed E-state index contributed by atoms with van der Waals surface area (Å²) in [5.74, 6) is 0.0435. The summed E-state index contributed by atoms with van der Waals surface area (Å²) in [4.78, 5) is 24.3. The van der Waals surface area contributed by atoms with Gasteiger partial charge in [0.1, 0.15) is 6.33 Å². The van der Waals surface area contributed by atoms with Gasteiger partial charge in [0.15, 0.2) is 0 Å². The van der Waals surface area contributed by atoms with Crippen LogP contribution in [0.1, 0.15) is 10.4 Å². The molecule has 3 rings (SSSR count). The SMILES string of the molecule is O=C(c1cncnc1)N1CCN(C2CNC2)CC1. The molecule has 18 heavy (non-hydrogen) atoms. The monoisotopic (exact) mass is 247 g/mol. The molecule has 0 spiro atoms. The second kappa shape index (κ2) is 4.99. The number of rotatable bonds is 2. The Morgan fingerprint density at radius 3 is 2.39 bits per heavy atom. The minimum Gasteiger partial charge on any atom is -0.336 e. The molecule has 96 valence electrons. The summed E-state index contributed by atoms with van der Waals surface area (Å²) in [7, 11) is 0. The van der Waals surface area contributed by atoms with Gasteiger partial charge in [-0.3, -0.25) is 9.69 Å². The highest BCUT2D eigenvalue weighted by Gasteiger charge is 2.29. The Balaban J connectivity index is 1.57. The van der Waals surface area contributed by atoms with Crippen molar-refractivity contribution < 1.29 is 4.79 Å². The highest BCUT2D eigenvalue weighted by Crippen LogP contribution is 2.11. The van der Waals surface area contributed by atoms with Crippen molar-refractivity contribution in [3.63, 3.8) is 0 Å². The second-order valence-corrected chi connectivity index (χ2v) is 4.77. The van der Waals surface area contributed by atoms with Gasteiger partial charge in [0.2, 0.25) is 0 Å². The van der Waals surface area contributed by atoms with Crippen LogP contribution in [0.15, 0.2) is 18.7 Å². The summed E-state index contributed by atoms with van der Waals surface area (Å²) in [6.07, 6.45) is 4.60. The molecule has 2 aliphatic heterocycles. The number of nitrogens with one attached hydrogen (secondary N) is 1. The zero-order valence-electron chi connectivity index (χ0n) is 10.2. The first-order valence-electron chi connectivity index (χ1n) is 6.33. The number of piperazine rings is 1. The van der Waals surface area contributed by atoms with Crippen molar-refractivity contribution in [2.24, 2.45) is 0 Å². The fourth-order valence-electron chi connectivity index (χ4n) is 2.41. The summed E-state index contributed by atoms with van der Waals surface area (Å²) in [5.41, 5.74) is 0.580. The number of nitrogens with zero attached hydrogens (tertiary/aromatic N) is 4. The van der Waals surface area contributed by atoms with Crippen LogP contribution >= 0.6 is 0 Å². The number of hydrogen-bond donors (Lipinski definition) is 1. The number of amides is 1. The molecular formula is C12H17N5O. The Hall–Kier alpha value is -1.53. The minimum atomic E-state index is 0.0435. The van der Waals surface area contributed by atoms with Gasteiger partial charge in [0.05, 0.1) is 5.56 Å². The largest absolute Gasteiger partial charge is 0.336 e. The van der Waals surface area contributed by atoms with Crippen molar-refractivity contribution in [1.82, 2.24) is 25.1 Å². The Morgan fingerprint density at radius 2 is 1.83 bits per heavy atom. The fourth-order valence-corrected chi connectivity index (χ4v) is 2.41. The molecule has 1 aromatic heterocycles. The van der Waals surface area contributed by atoms with Crippen molar-refractivity contribution in [2.45, 2.75) is 6.04 Å². The van der Waals surface area contributed by atoms with Gasteiger partial charge < -0.3 is 10.2 Å². The van der Waals surface area contributed by atoms with Gasteiger partial charge in [-0.1, -0.05) is 0 Å². The van der Waals surface area contributed by atoms with Crippen molar-refractivity contribution in [3.05, 3.63) is 24.3 Å². The van der Waals surface area contributed by atoms with Crippen molar-refractivity contribution in [3.8, 4) is 0 Å². The van der Waals surface area contributed by atoms with E-state index in [1.165, 1.54) is 6.33 Å². The highest BCUT2D eigenvalue weighted by molar-refractivity contribution is 5.93. The summed E-state index contributed by atoms with van der Waals surface area (Å²) in [5, 5.41) is 3.28.